The van der Waals surface area contributed by atoms with Crippen molar-refractivity contribution in [2.24, 2.45) is 11.3 Å². The summed E-state index contributed by atoms with van der Waals surface area (Å²) in [6.07, 6.45) is 5.51. The van der Waals surface area contributed by atoms with E-state index in [1.165, 1.54) is 18.2 Å². The predicted molar refractivity (Wildman–Crippen MR) is 80.2 cm³/mol. The molecule has 0 bridgehead atoms. The van der Waals surface area contributed by atoms with E-state index in [4.69, 9.17) is 5.73 Å². The Morgan fingerprint density at radius 3 is 2.63 bits per heavy atom. The summed E-state index contributed by atoms with van der Waals surface area (Å²) in [7, 11) is 0. The number of nitrogen functional groups attached to an aromatic ring is 1. The van der Waals surface area contributed by atoms with Crippen molar-refractivity contribution in [3.8, 4) is 0 Å². The summed E-state index contributed by atoms with van der Waals surface area (Å²) in [4.78, 5) is 12.6. The molecule has 0 amide bonds. The molecular formula is C13H23N5S. The molecular weight excluding hydrogens is 258 g/mol. The fraction of sp³-hybridized carbons (Fsp3) is 0.769. The highest BCUT2D eigenvalue weighted by atomic mass is 32.2. The van der Waals surface area contributed by atoms with Crippen LogP contribution in [0.25, 0.3) is 0 Å². The maximum absolute atomic E-state index is 5.71. The molecule has 2 unspecified atom stereocenters. The summed E-state index contributed by atoms with van der Waals surface area (Å²) in [5, 5.41) is 4.09. The third-order valence-corrected chi connectivity index (χ3v) is 4.08. The van der Waals surface area contributed by atoms with E-state index in [1.54, 1.807) is 0 Å². The van der Waals surface area contributed by atoms with Crippen LogP contribution in [0.3, 0.4) is 0 Å². The predicted octanol–water partition coefficient (Wildman–Crippen LogP) is 2.80. The minimum Gasteiger partial charge on any atom is -0.368 e. The molecule has 1 saturated carbocycles. The van der Waals surface area contributed by atoms with Crippen molar-refractivity contribution in [1.82, 2.24) is 15.0 Å². The Kier molecular flexibility index (Phi) is 4.18. The maximum Gasteiger partial charge on any atom is 0.228 e. The van der Waals surface area contributed by atoms with Crippen LogP contribution in [0.2, 0.25) is 0 Å². The monoisotopic (exact) mass is 281 g/mol. The molecule has 1 aliphatic rings. The van der Waals surface area contributed by atoms with E-state index in [0.717, 1.165) is 18.8 Å². The van der Waals surface area contributed by atoms with E-state index in [-0.39, 0.29) is 5.95 Å². The number of nitrogens with one attached hydrogen (secondary N) is 1. The van der Waals surface area contributed by atoms with Gasteiger partial charge in [0.2, 0.25) is 11.9 Å². The van der Waals surface area contributed by atoms with E-state index < -0.39 is 0 Å². The van der Waals surface area contributed by atoms with Gasteiger partial charge in [0.1, 0.15) is 0 Å². The SMILES string of the molecule is CSc1nc(N)nc(NC2CC(C)CC(C)(C)C2)n1. The summed E-state index contributed by atoms with van der Waals surface area (Å²) in [5.41, 5.74) is 6.08. The van der Waals surface area contributed by atoms with Crippen LogP contribution in [0, 0.1) is 11.3 Å². The first-order chi connectivity index (χ1) is 8.88. The Balaban J connectivity index is 2.10. The lowest BCUT2D eigenvalue weighted by molar-refractivity contribution is 0.177. The van der Waals surface area contributed by atoms with Crippen molar-refractivity contribution in [1.29, 1.82) is 0 Å². The molecule has 2 atom stereocenters. The average Bonchev–Trinajstić information content (AvgIpc) is 2.24. The molecule has 19 heavy (non-hydrogen) atoms. The number of hydrogen-bond acceptors (Lipinski definition) is 6. The molecule has 3 N–H and O–H groups in total. The van der Waals surface area contributed by atoms with Gasteiger partial charge in [-0.15, -0.1) is 0 Å². The average molecular weight is 281 g/mol. The van der Waals surface area contributed by atoms with Crippen LogP contribution in [0.4, 0.5) is 11.9 Å². The molecule has 1 heterocycles. The van der Waals surface area contributed by atoms with Crippen molar-refractivity contribution < 1.29 is 0 Å². The van der Waals surface area contributed by atoms with Crippen molar-refractivity contribution in [2.75, 3.05) is 17.3 Å². The van der Waals surface area contributed by atoms with Gasteiger partial charge >= 0.3 is 0 Å². The number of hydrogen-bond donors (Lipinski definition) is 2. The molecule has 0 aromatic carbocycles. The summed E-state index contributed by atoms with van der Waals surface area (Å²) in [6.45, 7) is 6.96. The molecule has 6 heteroatoms. The Bertz CT molecular complexity index is 449. The summed E-state index contributed by atoms with van der Waals surface area (Å²) < 4.78 is 0. The fourth-order valence-corrected chi connectivity index (χ4v) is 3.53. The lowest BCUT2D eigenvalue weighted by Crippen LogP contribution is -2.36. The minimum absolute atomic E-state index is 0.282. The summed E-state index contributed by atoms with van der Waals surface area (Å²) in [5.74, 6) is 1.61. The van der Waals surface area contributed by atoms with Gasteiger partial charge in [0, 0.05) is 6.04 Å². The lowest BCUT2D eigenvalue weighted by Gasteiger charge is -2.39. The number of nitrogens with zero attached hydrogens (tertiary/aromatic N) is 3. The van der Waals surface area contributed by atoms with Crippen molar-refractivity contribution in [2.45, 2.75) is 51.2 Å². The largest absolute Gasteiger partial charge is 0.368 e. The Morgan fingerprint density at radius 1 is 1.26 bits per heavy atom. The highest BCUT2D eigenvalue weighted by molar-refractivity contribution is 7.98. The van der Waals surface area contributed by atoms with Gasteiger partial charge in [0.05, 0.1) is 0 Å². The van der Waals surface area contributed by atoms with Gasteiger partial charge in [0.25, 0.3) is 0 Å². The molecule has 1 aliphatic carbocycles. The number of thioether (sulfide) groups is 1. The van der Waals surface area contributed by atoms with Gasteiger partial charge in [-0.25, -0.2) is 0 Å². The fourth-order valence-electron chi connectivity index (χ4n) is 3.17. The second-order valence-corrected chi connectivity index (χ2v) is 7.03. The van der Waals surface area contributed by atoms with Crippen molar-refractivity contribution in [3.05, 3.63) is 0 Å². The van der Waals surface area contributed by atoms with Gasteiger partial charge < -0.3 is 11.1 Å². The van der Waals surface area contributed by atoms with E-state index in [2.05, 4.69) is 41.0 Å². The van der Waals surface area contributed by atoms with Crippen LogP contribution in [0.15, 0.2) is 5.16 Å². The zero-order valence-electron chi connectivity index (χ0n) is 12.1. The minimum atomic E-state index is 0.282. The molecule has 0 saturated heterocycles. The highest BCUT2D eigenvalue weighted by Gasteiger charge is 2.32. The normalized spacial score (nSPS) is 26.1. The van der Waals surface area contributed by atoms with Gasteiger partial charge in [-0.1, -0.05) is 32.5 Å². The van der Waals surface area contributed by atoms with Crippen LogP contribution in [-0.4, -0.2) is 27.2 Å². The first kappa shape index (κ1) is 14.4. The Labute approximate surface area is 119 Å². The standard InChI is InChI=1S/C13H23N5S/c1-8-5-9(7-13(2,3)6-8)15-11-16-10(14)17-12(18-11)19-4/h8-9H,5-7H2,1-4H3,(H3,14,15,16,17,18). The molecule has 0 spiro atoms. The maximum atomic E-state index is 5.71. The first-order valence-corrected chi connectivity index (χ1v) is 7.92. The van der Waals surface area contributed by atoms with Gasteiger partial charge in [-0.05, 0) is 36.9 Å². The first-order valence-electron chi connectivity index (χ1n) is 6.70. The molecule has 5 nitrogen and oxygen atoms in total. The topological polar surface area (TPSA) is 76.7 Å². The molecule has 1 fully saturated rings. The molecule has 1 aromatic rings. The smallest absolute Gasteiger partial charge is 0.228 e. The summed E-state index contributed by atoms with van der Waals surface area (Å²) >= 11 is 1.48. The third-order valence-electron chi connectivity index (χ3n) is 3.53. The number of anilines is 2. The van der Waals surface area contributed by atoms with E-state index in [9.17, 15) is 0 Å². The zero-order valence-corrected chi connectivity index (χ0v) is 12.9. The highest BCUT2D eigenvalue weighted by Crippen LogP contribution is 2.39. The summed E-state index contributed by atoms with van der Waals surface area (Å²) in [6, 6.07) is 0.412. The van der Waals surface area contributed by atoms with Gasteiger partial charge in [0.15, 0.2) is 5.16 Å². The van der Waals surface area contributed by atoms with Crippen molar-refractivity contribution in [3.63, 3.8) is 0 Å². The zero-order chi connectivity index (χ0) is 14.0. The van der Waals surface area contributed by atoms with E-state index in [1.807, 2.05) is 6.26 Å². The van der Waals surface area contributed by atoms with E-state index >= 15 is 0 Å². The lowest BCUT2D eigenvalue weighted by atomic mass is 9.71. The van der Waals surface area contributed by atoms with Gasteiger partial charge in [-0.2, -0.15) is 15.0 Å². The Hall–Kier alpha value is -1.04. The Morgan fingerprint density at radius 2 is 2.00 bits per heavy atom. The molecule has 1 aromatic heterocycles. The molecule has 0 radical (unpaired) electrons. The number of aromatic nitrogens is 3. The van der Waals surface area contributed by atoms with Gasteiger partial charge in [-0.3, -0.25) is 0 Å². The van der Waals surface area contributed by atoms with Crippen LogP contribution >= 0.6 is 11.8 Å². The van der Waals surface area contributed by atoms with Crippen LogP contribution in [-0.2, 0) is 0 Å². The second kappa shape index (κ2) is 5.53. The molecule has 2 rings (SSSR count). The quantitative estimate of drug-likeness (QED) is 0.830. The second-order valence-electron chi connectivity index (χ2n) is 6.26. The number of nitrogens with two attached hydrogens (primary N) is 1. The third kappa shape index (κ3) is 3.96. The number of rotatable bonds is 3. The van der Waals surface area contributed by atoms with Crippen LogP contribution in [0.5, 0.6) is 0 Å². The molecule has 106 valence electrons. The van der Waals surface area contributed by atoms with Crippen LogP contribution < -0.4 is 11.1 Å². The molecule has 0 aliphatic heterocycles. The van der Waals surface area contributed by atoms with E-state index in [0.29, 0.717) is 22.6 Å². The van der Waals surface area contributed by atoms with Crippen LogP contribution in [0.1, 0.15) is 40.0 Å². The van der Waals surface area contributed by atoms with Crippen molar-refractivity contribution >= 4 is 23.7 Å².